The Morgan fingerprint density at radius 1 is 1.18 bits per heavy atom. The number of benzene rings is 1. The van der Waals surface area contributed by atoms with Crippen LogP contribution in [-0.2, 0) is 12.0 Å². The van der Waals surface area contributed by atoms with Crippen molar-refractivity contribution in [2.24, 2.45) is 0 Å². The van der Waals surface area contributed by atoms with Crippen molar-refractivity contribution in [3.8, 4) is 5.69 Å². The molecular formula is C21H25N5O2. The van der Waals surface area contributed by atoms with E-state index in [1.165, 1.54) is 4.80 Å². The smallest absolute Gasteiger partial charge is 0.256 e. The zero-order valence-corrected chi connectivity index (χ0v) is 16.4. The Kier molecular flexibility index (Phi) is 5.84. The van der Waals surface area contributed by atoms with Crippen LogP contribution in [0.2, 0.25) is 0 Å². The van der Waals surface area contributed by atoms with E-state index in [0.717, 1.165) is 11.1 Å². The summed E-state index contributed by atoms with van der Waals surface area (Å²) in [6, 6.07) is 9.26. The van der Waals surface area contributed by atoms with E-state index in [0.29, 0.717) is 30.8 Å². The van der Waals surface area contributed by atoms with Gasteiger partial charge in [-0.15, -0.1) is 0 Å². The molecule has 0 saturated heterocycles. The molecule has 0 aliphatic rings. The van der Waals surface area contributed by atoms with Crippen molar-refractivity contribution in [1.82, 2.24) is 24.9 Å². The molecule has 0 atom stereocenters. The maximum atomic E-state index is 13.1. The van der Waals surface area contributed by atoms with Crippen molar-refractivity contribution in [1.29, 1.82) is 0 Å². The molecule has 28 heavy (non-hydrogen) atoms. The Labute approximate surface area is 164 Å². The fourth-order valence-electron chi connectivity index (χ4n) is 2.97. The number of nitrogens with zero attached hydrogens (tertiary/aromatic N) is 5. The van der Waals surface area contributed by atoms with E-state index in [2.05, 4.69) is 15.2 Å². The van der Waals surface area contributed by atoms with Gasteiger partial charge in [0.15, 0.2) is 0 Å². The van der Waals surface area contributed by atoms with Crippen molar-refractivity contribution in [2.45, 2.75) is 32.8 Å². The summed E-state index contributed by atoms with van der Waals surface area (Å²) in [4.78, 5) is 20.6. The third-order valence-corrected chi connectivity index (χ3v) is 4.61. The maximum absolute atomic E-state index is 13.1. The highest BCUT2D eigenvalue weighted by Gasteiger charge is 2.20. The molecule has 1 N–H and O–H groups in total. The molecule has 0 bridgehead atoms. The minimum atomic E-state index is -0.945. The van der Waals surface area contributed by atoms with Gasteiger partial charge < -0.3 is 10.0 Å². The fraction of sp³-hybridized carbons (Fsp3) is 0.333. The molecule has 0 aliphatic carbocycles. The van der Waals surface area contributed by atoms with Gasteiger partial charge in [0.1, 0.15) is 0 Å². The summed E-state index contributed by atoms with van der Waals surface area (Å²) in [6.45, 7) is 6.55. The fourth-order valence-corrected chi connectivity index (χ4v) is 2.97. The third kappa shape index (κ3) is 4.43. The number of carbonyl (C=O) groups is 1. The molecule has 0 spiro atoms. The van der Waals surface area contributed by atoms with Crippen LogP contribution in [0.25, 0.3) is 5.69 Å². The van der Waals surface area contributed by atoms with Gasteiger partial charge in [-0.3, -0.25) is 9.78 Å². The third-order valence-electron chi connectivity index (χ3n) is 4.61. The molecular weight excluding hydrogens is 354 g/mol. The molecule has 3 rings (SSSR count). The molecule has 2 aromatic heterocycles. The van der Waals surface area contributed by atoms with E-state index in [4.69, 9.17) is 0 Å². The molecule has 1 amide bonds. The number of para-hydroxylation sites is 1. The van der Waals surface area contributed by atoms with Crippen molar-refractivity contribution < 1.29 is 9.90 Å². The lowest BCUT2D eigenvalue weighted by Gasteiger charge is -2.23. The largest absolute Gasteiger partial charge is 0.386 e. The number of amides is 1. The normalized spacial score (nSPS) is 11.4. The van der Waals surface area contributed by atoms with Crippen LogP contribution in [0.3, 0.4) is 0 Å². The van der Waals surface area contributed by atoms with Crippen LogP contribution in [0.15, 0.2) is 55.1 Å². The minimum Gasteiger partial charge on any atom is -0.386 e. The average Bonchev–Trinajstić information content (AvgIpc) is 3.22. The number of hydrogen-bond acceptors (Lipinski definition) is 5. The minimum absolute atomic E-state index is 0.0676. The first kappa shape index (κ1) is 19.7. The van der Waals surface area contributed by atoms with E-state index >= 15 is 0 Å². The summed E-state index contributed by atoms with van der Waals surface area (Å²) in [6.07, 6.45) is 7.26. The standard InChI is InChI=1S/C21H25N5O2/c1-4-25(12-9-16-13-17(15-22-14-16)21(2,3)28)20(27)18-7-5-6-8-19(18)26-23-10-11-24-26/h5-8,10-11,13-15,28H,4,9,12H2,1-3H3. The topological polar surface area (TPSA) is 84.1 Å². The Morgan fingerprint density at radius 3 is 2.57 bits per heavy atom. The highest BCUT2D eigenvalue weighted by molar-refractivity contribution is 5.97. The summed E-state index contributed by atoms with van der Waals surface area (Å²) in [5, 5.41) is 18.5. The molecule has 0 aliphatic heterocycles. The Morgan fingerprint density at radius 2 is 1.89 bits per heavy atom. The lowest BCUT2D eigenvalue weighted by atomic mass is 9.98. The van der Waals surface area contributed by atoms with Gasteiger partial charge in [-0.2, -0.15) is 15.0 Å². The van der Waals surface area contributed by atoms with Crippen LogP contribution in [0.4, 0.5) is 0 Å². The van der Waals surface area contributed by atoms with Crippen molar-refractivity contribution in [3.63, 3.8) is 0 Å². The monoisotopic (exact) mass is 379 g/mol. The second-order valence-corrected chi connectivity index (χ2v) is 7.11. The molecule has 1 aromatic carbocycles. The molecule has 2 heterocycles. The van der Waals surface area contributed by atoms with Crippen molar-refractivity contribution >= 4 is 5.91 Å². The average molecular weight is 379 g/mol. The zero-order valence-electron chi connectivity index (χ0n) is 16.4. The van der Waals surface area contributed by atoms with Gasteiger partial charge in [0.05, 0.1) is 29.2 Å². The lowest BCUT2D eigenvalue weighted by molar-refractivity contribution is 0.0758. The first-order valence-electron chi connectivity index (χ1n) is 9.32. The molecule has 7 heteroatoms. The van der Waals surface area contributed by atoms with Gasteiger partial charge in [0.25, 0.3) is 5.91 Å². The van der Waals surface area contributed by atoms with Gasteiger partial charge in [-0.25, -0.2) is 0 Å². The number of pyridine rings is 1. The number of likely N-dealkylation sites (N-methyl/N-ethyl adjacent to an activating group) is 1. The quantitative estimate of drug-likeness (QED) is 0.682. The second-order valence-electron chi connectivity index (χ2n) is 7.11. The van der Waals surface area contributed by atoms with Crippen LogP contribution in [0.1, 0.15) is 42.3 Å². The SMILES string of the molecule is CCN(CCc1cncc(C(C)(C)O)c1)C(=O)c1ccccc1-n1nccn1. The number of aliphatic hydroxyl groups is 1. The zero-order chi connectivity index (χ0) is 20.1. The summed E-state index contributed by atoms with van der Waals surface area (Å²) in [5.41, 5.74) is 2.01. The Hall–Kier alpha value is -3.06. The molecule has 0 saturated carbocycles. The Balaban J connectivity index is 1.77. The molecule has 0 unspecified atom stereocenters. The lowest BCUT2D eigenvalue weighted by Crippen LogP contribution is -2.33. The predicted molar refractivity (Wildman–Crippen MR) is 106 cm³/mol. The van der Waals surface area contributed by atoms with E-state index in [-0.39, 0.29) is 5.91 Å². The molecule has 0 radical (unpaired) electrons. The van der Waals surface area contributed by atoms with Gasteiger partial charge in [-0.05, 0) is 51.0 Å². The summed E-state index contributed by atoms with van der Waals surface area (Å²) in [7, 11) is 0. The Bertz CT molecular complexity index is 932. The van der Waals surface area contributed by atoms with Gasteiger partial charge in [0.2, 0.25) is 0 Å². The molecule has 146 valence electrons. The first-order valence-corrected chi connectivity index (χ1v) is 9.32. The number of carbonyl (C=O) groups excluding carboxylic acids is 1. The highest BCUT2D eigenvalue weighted by Crippen LogP contribution is 2.20. The van der Waals surface area contributed by atoms with Crippen LogP contribution in [0.5, 0.6) is 0 Å². The summed E-state index contributed by atoms with van der Waals surface area (Å²) in [5.74, 6) is -0.0676. The maximum Gasteiger partial charge on any atom is 0.256 e. The number of aromatic nitrogens is 4. The molecule has 3 aromatic rings. The van der Waals surface area contributed by atoms with Crippen LogP contribution >= 0.6 is 0 Å². The first-order chi connectivity index (χ1) is 13.4. The van der Waals surface area contributed by atoms with Crippen molar-refractivity contribution in [3.05, 3.63) is 71.8 Å². The second kappa shape index (κ2) is 8.31. The number of hydrogen-bond donors (Lipinski definition) is 1. The number of rotatable bonds is 7. The van der Waals surface area contributed by atoms with E-state index in [1.54, 1.807) is 49.6 Å². The van der Waals surface area contributed by atoms with Crippen molar-refractivity contribution in [2.75, 3.05) is 13.1 Å². The molecule has 0 fully saturated rings. The summed E-state index contributed by atoms with van der Waals surface area (Å²) >= 11 is 0. The van der Waals surface area contributed by atoms with Gasteiger partial charge in [0, 0.05) is 31.0 Å². The molecule has 7 nitrogen and oxygen atoms in total. The van der Waals surface area contributed by atoms with Gasteiger partial charge in [-0.1, -0.05) is 12.1 Å². The highest BCUT2D eigenvalue weighted by atomic mass is 16.3. The van der Waals surface area contributed by atoms with E-state index in [9.17, 15) is 9.90 Å². The summed E-state index contributed by atoms with van der Waals surface area (Å²) < 4.78 is 0. The van der Waals surface area contributed by atoms with Crippen LogP contribution in [-0.4, -0.2) is 49.0 Å². The van der Waals surface area contributed by atoms with E-state index in [1.807, 2.05) is 31.2 Å². The van der Waals surface area contributed by atoms with Crippen LogP contribution < -0.4 is 0 Å². The van der Waals surface area contributed by atoms with Crippen LogP contribution in [0, 0.1) is 0 Å². The predicted octanol–water partition coefficient (Wildman–Crippen LogP) is 2.59. The van der Waals surface area contributed by atoms with E-state index < -0.39 is 5.60 Å². The van der Waals surface area contributed by atoms with Gasteiger partial charge >= 0.3 is 0 Å².